The van der Waals surface area contributed by atoms with Crippen LogP contribution in [0.2, 0.25) is 0 Å². The van der Waals surface area contributed by atoms with Crippen molar-refractivity contribution in [2.75, 3.05) is 33.3 Å². The molecule has 0 bridgehead atoms. The molecule has 2 fully saturated rings. The fourth-order valence-electron chi connectivity index (χ4n) is 4.44. The highest BCUT2D eigenvalue weighted by Gasteiger charge is 2.38. The molecule has 0 unspecified atom stereocenters. The molecule has 4 heteroatoms. The monoisotopic (exact) mass is 344 g/mol. The van der Waals surface area contributed by atoms with Crippen molar-refractivity contribution in [3.05, 3.63) is 29.8 Å². The summed E-state index contributed by atoms with van der Waals surface area (Å²) < 4.78 is 5.22. The fraction of sp³-hybridized carbons (Fsp3) is 0.667. The van der Waals surface area contributed by atoms with E-state index >= 15 is 0 Å². The summed E-state index contributed by atoms with van der Waals surface area (Å²) in [6, 6.07) is 8.66. The quantitative estimate of drug-likeness (QED) is 0.794. The van der Waals surface area contributed by atoms with Gasteiger partial charge in [0.15, 0.2) is 0 Å². The molecule has 138 valence electrons. The number of hydrogen-bond donors (Lipinski definition) is 0. The van der Waals surface area contributed by atoms with E-state index in [0.717, 1.165) is 51.1 Å². The molecule has 0 spiro atoms. The summed E-state index contributed by atoms with van der Waals surface area (Å²) in [7, 11) is 1.69. The van der Waals surface area contributed by atoms with Crippen molar-refractivity contribution >= 4 is 5.91 Å². The summed E-state index contributed by atoms with van der Waals surface area (Å²) in [4.78, 5) is 17.3. The number of piperidine rings is 2. The average molecular weight is 344 g/mol. The fourth-order valence-corrected chi connectivity index (χ4v) is 4.44. The molecular formula is C21H32N2O2. The van der Waals surface area contributed by atoms with Crippen molar-refractivity contribution in [3.8, 4) is 5.75 Å². The lowest BCUT2D eigenvalue weighted by atomic mass is 9.83. The third-order valence-corrected chi connectivity index (χ3v) is 5.65. The first-order chi connectivity index (χ1) is 12.1. The van der Waals surface area contributed by atoms with E-state index in [1.165, 1.54) is 12.1 Å². The Morgan fingerprint density at radius 3 is 2.64 bits per heavy atom. The van der Waals surface area contributed by atoms with Gasteiger partial charge in [-0.05, 0) is 48.8 Å². The van der Waals surface area contributed by atoms with Gasteiger partial charge in [-0.15, -0.1) is 0 Å². The van der Waals surface area contributed by atoms with E-state index in [2.05, 4.69) is 35.8 Å². The zero-order valence-electron chi connectivity index (χ0n) is 15.9. The molecule has 2 aliphatic rings. The predicted molar refractivity (Wildman–Crippen MR) is 101 cm³/mol. The first kappa shape index (κ1) is 18.2. The molecular weight excluding hydrogens is 312 g/mol. The second kappa shape index (κ2) is 8.22. The van der Waals surface area contributed by atoms with Crippen LogP contribution in [0, 0.1) is 11.8 Å². The van der Waals surface area contributed by atoms with Crippen LogP contribution in [0.4, 0.5) is 0 Å². The number of fused-ring (bicyclic) bond motifs is 1. The van der Waals surface area contributed by atoms with Crippen LogP contribution in [0.15, 0.2) is 24.3 Å². The van der Waals surface area contributed by atoms with Gasteiger partial charge in [-0.3, -0.25) is 4.79 Å². The Morgan fingerprint density at radius 2 is 1.96 bits per heavy atom. The molecule has 25 heavy (non-hydrogen) atoms. The van der Waals surface area contributed by atoms with E-state index in [4.69, 9.17) is 4.74 Å². The summed E-state index contributed by atoms with van der Waals surface area (Å²) in [5, 5.41) is 0. The topological polar surface area (TPSA) is 32.8 Å². The lowest BCUT2D eigenvalue weighted by Crippen LogP contribution is -2.56. The Morgan fingerprint density at radius 1 is 1.20 bits per heavy atom. The van der Waals surface area contributed by atoms with Crippen molar-refractivity contribution in [1.29, 1.82) is 0 Å². The number of carbonyl (C=O) groups is 1. The van der Waals surface area contributed by atoms with Gasteiger partial charge < -0.3 is 14.5 Å². The van der Waals surface area contributed by atoms with Gasteiger partial charge in [-0.2, -0.15) is 0 Å². The number of rotatable bonds is 6. The Labute approximate surface area is 152 Å². The summed E-state index contributed by atoms with van der Waals surface area (Å²) in [6.07, 6.45) is 3.84. The number of likely N-dealkylation sites (tertiary alicyclic amines) is 2. The number of methoxy groups -OCH3 is 1. The van der Waals surface area contributed by atoms with Gasteiger partial charge in [-0.25, -0.2) is 0 Å². The minimum absolute atomic E-state index is 0.354. The van der Waals surface area contributed by atoms with E-state index in [9.17, 15) is 4.79 Å². The van der Waals surface area contributed by atoms with Crippen LogP contribution < -0.4 is 4.74 Å². The van der Waals surface area contributed by atoms with Gasteiger partial charge in [0.25, 0.3) is 0 Å². The summed E-state index contributed by atoms with van der Waals surface area (Å²) >= 11 is 0. The van der Waals surface area contributed by atoms with Gasteiger partial charge in [0, 0.05) is 38.6 Å². The maximum absolute atomic E-state index is 12.5. The number of hydrogen-bond acceptors (Lipinski definition) is 3. The number of carbonyl (C=O) groups excluding carboxylic acids is 1. The molecule has 4 nitrogen and oxygen atoms in total. The van der Waals surface area contributed by atoms with Gasteiger partial charge >= 0.3 is 0 Å². The summed E-state index contributed by atoms with van der Waals surface area (Å²) in [6.45, 7) is 8.90. The lowest BCUT2D eigenvalue weighted by Gasteiger charge is -2.47. The average Bonchev–Trinajstić information content (AvgIpc) is 2.61. The lowest BCUT2D eigenvalue weighted by molar-refractivity contribution is -0.141. The van der Waals surface area contributed by atoms with Gasteiger partial charge in [-0.1, -0.05) is 26.0 Å². The molecule has 3 rings (SSSR count). The number of nitrogens with zero attached hydrogens (tertiary/aromatic N) is 2. The Kier molecular flexibility index (Phi) is 6.00. The predicted octanol–water partition coefficient (Wildman–Crippen LogP) is 3.21. The minimum Gasteiger partial charge on any atom is -0.497 e. The molecule has 1 aromatic carbocycles. The van der Waals surface area contributed by atoms with Crippen LogP contribution in [0.1, 0.15) is 38.7 Å². The molecule has 2 saturated heterocycles. The van der Waals surface area contributed by atoms with E-state index in [-0.39, 0.29) is 0 Å². The van der Waals surface area contributed by atoms with Crippen LogP contribution in [0.25, 0.3) is 0 Å². The molecule has 0 saturated carbocycles. The highest BCUT2D eigenvalue weighted by molar-refractivity contribution is 5.77. The maximum atomic E-state index is 12.5. The molecule has 1 amide bonds. The van der Waals surface area contributed by atoms with E-state index in [1.807, 2.05) is 12.1 Å². The molecule has 0 aliphatic carbocycles. The Bertz CT molecular complexity index is 570. The van der Waals surface area contributed by atoms with Crippen molar-refractivity contribution < 1.29 is 9.53 Å². The van der Waals surface area contributed by atoms with Crippen LogP contribution in [-0.2, 0) is 11.2 Å². The molecule has 0 N–H and O–H groups in total. The van der Waals surface area contributed by atoms with E-state index in [0.29, 0.717) is 23.8 Å². The number of amides is 1. The normalized spacial score (nSPS) is 24.5. The molecule has 2 heterocycles. The van der Waals surface area contributed by atoms with Crippen molar-refractivity contribution in [3.63, 3.8) is 0 Å². The summed E-state index contributed by atoms with van der Waals surface area (Å²) in [5.74, 6) is 2.61. The van der Waals surface area contributed by atoms with Crippen LogP contribution in [-0.4, -0.2) is 55.0 Å². The third-order valence-electron chi connectivity index (χ3n) is 5.65. The SMILES string of the molecule is COc1ccc(CCN2C(=O)CC[C@@H]3CN(CC(C)C)CC[C@@H]32)cc1. The summed E-state index contributed by atoms with van der Waals surface area (Å²) in [5.41, 5.74) is 1.27. The Balaban J connectivity index is 1.59. The molecule has 2 aliphatic heterocycles. The zero-order chi connectivity index (χ0) is 17.8. The minimum atomic E-state index is 0.354. The number of ether oxygens (including phenoxy) is 1. The van der Waals surface area contributed by atoms with Gasteiger partial charge in [0.1, 0.15) is 5.75 Å². The highest BCUT2D eigenvalue weighted by atomic mass is 16.5. The second-order valence-corrected chi connectivity index (χ2v) is 7.99. The van der Waals surface area contributed by atoms with Crippen molar-refractivity contribution in [2.45, 2.75) is 45.6 Å². The smallest absolute Gasteiger partial charge is 0.222 e. The van der Waals surface area contributed by atoms with Gasteiger partial charge in [0.05, 0.1) is 7.11 Å². The first-order valence-electron chi connectivity index (χ1n) is 9.71. The van der Waals surface area contributed by atoms with Crippen LogP contribution in [0.5, 0.6) is 5.75 Å². The van der Waals surface area contributed by atoms with E-state index < -0.39 is 0 Å². The third kappa shape index (κ3) is 4.55. The molecule has 2 atom stereocenters. The van der Waals surface area contributed by atoms with E-state index in [1.54, 1.807) is 7.11 Å². The standard InChI is InChI=1S/C21H32N2O2/c1-16(2)14-22-12-11-20-18(15-22)6-9-21(24)23(20)13-10-17-4-7-19(25-3)8-5-17/h4-5,7-8,16,18,20H,6,9-15H2,1-3H3/t18-,20+/m1/s1. The second-order valence-electron chi connectivity index (χ2n) is 7.99. The van der Waals surface area contributed by atoms with Crippen LogP contribution >= 0.6 is 0 Å². The molecule has 0 radical (unpaired) electrons. The molecule has 1 aromatic rings. The van der Waals surface area contributed by atoms with Crippen molar-refractivity contribution in [1.82, 2.24) is 9.80 Å². The van der Waals surface area contributed by atoms with Crippen molar-refractivity contribution in [2.24, 2.45) is 11.8 Å². The first-order valence-corrected chi connectivity index (χ1v) is 9.71. The Hall–Kier alpha value is -1.55. The van der Waals surface area contributed by atoms with Crippen LogP contribution in [0.3, 0.4) is 0 Å². The number of benzene rings is 1. The maximum Gasteiger partial charge on any atom is 0.222 e. The largest absolute Gasteiger partial charge is 0.497 e. The zero-order valence-corrected chi connectivity index (χ0v) is 15.9. The molecule has 0 aromatic heterocycles. The van der Waals surface area contributed by atoms with Gasteiger partial charge in [0.2, 0.25) is 5.91 Å². The highest BCUT2D eigenvalue weighted by Crippen LogP contribution is 2.31.